The molecular formula is C31H30N4O. The van der Waals surface area contributed by atoms with Crippen molar-refractivity contribution < 1.29 is 4.79 Å². The first-order valence-electron chi connectivity index (χ1n) is 12.5. The predicted octanol–water partition coefficient (Wildman–Crippen LogP) is 5.33. The molecule has 180 valence electrons. The zero-order chi connectivity index (χ0) is 24.6. The van der Waals surface area contributed by atoms with Gasteiger partial charge in [-0.3, -0.25) is 4.79 Å². The van der Waals surface area contributed by atoms with Crippen molar-refractivity contribution in [3.05, 3.63) is 119 Å². The molecule has 2 heterocycles. The van der Waals surface area contributed by atoms with Gasteiger partial charge in [0, 0.05) is 35.8 Å². The van der Waals surface area contributed by atoms with E-state index in [-0.39, 0.29) is 5.78 Å². The summed E-state index contributed by atoms with van der Waals surface area (Å²) in [5, 5.41) is 0. The Morgan fingerprint density at radius 1 is 0.611 bits per heavy atom. The summed E-state index contributed by atoms with van der Waals surface area (Å²) >= 11 is 0. The number of benzene rings is 4. The number of Topliss-reactive ketones (excluding diaryl/α,β-unsaturated/α-hetero) is 1. The van der Waals surface area contributed by atoms with Gasteiger partial charge < -0.3 is 21.3 Å². The van der Waals surface area contributed by atoms with Crippen molar-refractivity contribution in [3.8, 4) is 0 Å². The van der Waals surface area contributed by atoms with Crippen LogP contribution in [0.5, 0.6) is 0 Å². The summed E-state index contributed by atoms with van der Waals surface area (Å²) in [6.45, 7) is 1.55. The molecule has 0 radical (unpaired) electrons. The molecule has 4 N–H and O–H groups in total. The standard InChI is InChI=1S/C31H30N4O/c32-25-13-11-21-15-17-34(27(21)19-25)29(23-7-3-1-4-8-23)31(36)30(24-9-5-2-6-10-24)35-18-16-22-12-14-26(33)20-28(22)35/h1-14,19-20,29-30H,15-18,32-33H2. The number of nitrogens with zero attached hydrogens (tertiary/aromatic N) is 2. The molecule has 4 aromatic carbocycles. The van der Waals surface area contributed by atoms with E-state index in [0.717, 1.165) is 48.4 Å². The molecule has 2 aliphatic rings. The monoisotopic (exact) mass is 474 g/mol. The van der Waals surface area contributed by atoms with Gasteiger partial charge in [0.25, 0.3) is 0 Å². The topological polar surface area (TPSA) is 75.6 Å². The minimum atomic E-state index is -0.440. The van der Waals surface area contributed by atoms with E-state index in [2.05, 4.69) is 46.2 Å². The van der Waals surface area contributed by atoms with Gasteiger partial charge in [-0.1, -0.05) is 72.8 Å². The fourth-order valence-corrected chi connectivity index (χ4v) is 5.79. The van der Waals surface area contributed by atoms with Gasteiger partial charge in [-0.15, -0.1) is 0 Å². The van der Waals surface area contributed by atoms with E-state index < -0.39 is 12.1 Å². The minimum absolute atomic E-state index is 0.151. The van der Waals surface area contributed by atoms with Gasteiger partial charge in [0.1, 0.15) is 12.1 Å². The maximum atomic E-state index is 14.9. The quantitative estimate of drug-likeness (QED) is 0.370. The largest absolute Gasteiger partial charge is 0.399 e. The average molecular weight is 475 g/mol. The third-order valence-electron chi connectivity index (χ3n) is 7.47. The van der Waals surface area contributed by atoms with Crippen molar-refractivity contribution in [2.45, 2.75) is 24.9 Å². The first-order valence-corrected chi connectivity index (χ1v) is 12.5. The Labute approximate surface area is 212 Å². The summed E-state index contributed by atoms with van der Waals surface area (Å²) in [5.41, 5.74) is 20.4. The van der Waals surface area contributed by atoms with Crippen LogP contribution in [0.4, 0.5) is 22.7 Å². The highest BCUT2D eigenvalue weighted by Gasteiger charge is 2.40. The summed E-state index contributed by atoms with van der Waals surface area (Å²) in [4.78, 5) is 19.4. The van der Waals surface area contributed by atoms with Crippen LogP contribution in [0.15, 0.2) is 97.1 Å². The summed E-state index contributed by atoms with van der Waals surface area (Å²) in [5.74, 6) is 0.151. The van der Waals surface area contributed by atoms with Crippen LogP contribution in [-0.2, 0) is 17.6 Å². The van der Waals surface area contributed by atoms with Crippen LogP contribution in [0.25, 0.3) is 0 Å². The van der Waals surface area contributed by atoms with Gasteiger partial charge in [-0.25, -0.2) is 0 Å². The highest BCUT2D eigenvalue weighted by atomic mass is 16.1. The maximum Gasteiger partial charge on any atom is 0.186 e. The van der Waals surface area contributed by atoms with Crippen molar-refractivity contribution in [2.24, 2.45) is 0 Å². The van der Waals surface area contributed by atoms with Gasteiger partial charge in [-0.05, 0) is 59.4 Å². The van der Waals surface area contributed by atoms with Crippen molar-refractivity contribution >= 4 is 28.5 Å². The molecule has 2 aliphatic heterocycles. The third kappa shape index (κ3) is 3.87. The lowest BCUT2D eigenvalue weighted by atomic mass is 9.90. The lowest BCUT2D eigenvalue weighted by Crippen LogP contribution is -2.41. The van der Waals surface area contributed by atoms with Crippen LogP contribution < -0.4 is 21.3 Å². The number of hydrogen-bond acceptors (Lipinski definition) is 5. The fraction of sp³-hybridized carbons (Fsp3) is 0.194. The molecule has 2 unspecified atom stereocenters. The Hall–Kier alpha value is -4.25. The Balaban J connectivity index is 1.49. The zero-order valence-corrected chi connectivity index (χ0v) is 20.2. The number of fused-ring (bicyclic) bond motifs is 2. The molecule has 0 spiro atoms. The second-order valence-corrected chi connectivity index (χ2v) is 9.69. The van der Waals surface area contributed by atoms with E-state index in [0.29, 0.717) is 11.4 Å². The lowest BCUT2D eigenvalue weighted by molar-refractivity contribution is -0.122. The van der Waals surface area contributed by atoms with Crippen LogP contribution in [0.2, 0.25) is 0 Å². The summed E-state index contributed by atoms with van der Waals surface area (Å²) in [6, 6.07) is 31.5. The normalized spacial score (nSPS) is 15.9. The average Bonchev–Trinajstić information content (AvgIpc) is 3.50. The van der Waals surface area contributed by atoms with Gasteiger partial charge in [-0.2, -0.15) is 0 Å². The van der Waals surface area contributed by atoms with Crippen molar-refractivity contribution in [1.82, 2.24) is 0 Å². The van der Waals surface area contributed by atoms with Crippen LogP contribution in [0, 0.1) is 0 Å². The van der Waals surface area contributed by atoms with Crippen molar-refractivity contribution in [1.29, 1.82) is 0 Å². The number of carbonyl (C=O) groups is 1. The predicted molar refractivity (Wildman–Crippen MR) is 147 cm³/mol. The second-order valence-electron chi connectivity index (χ2n) is 9.69. The molecular weight excluding hydrogens is 444 g/mol. The SMILES string of the molecule is Nc1ccc2c(c1)N(C(C(=O)C(c1ccccc1)N1CCc3ccc(N)cc31)c1ccccc1)CC2. The number of nitrogen functional groups attached to an aromatic ring is 2. The summed E-state index contributed by atoms with van der Waals surface area (Å²) in [6.07, 6.45) is 1.79. The molecule has 0 bridgehead atoms. The Morgan fingerprint density at radius 2 is 1.03 bits per heavy atom. The molecule has 2 atom stereocenters. The molecule has 0 aromatic heterocycles. The molecule has 6 rings (SSSR count). The number of ketones is 1. The summed E-state index contributed by atoms with van der Waals surface area (Å²) in [7, 11) is 0. The Kier molecular flexibility index (Phi) is 5.61. The number of carbonyl (C=O) groups excluding carboxylic acids is 1. The second kappa shape index (κ2) is 9.08. The Morgan fingerprint density at radius 3 is 1.44 bits per heavy atom. The molecule has 0 aliphatic carbocycles. The smallest absolute Gasteiger partial charge is 0.186 e. The van der Waals surface area contributed by atoms with Crippen LogP contribution in [-0.4, -0.2) is 18.9 Å². The van der Waals surface area contributed by atoms with E-state index in [1.54, 1.807) is 0 Å². The van der Waals surface area contributed by atoms with Crippen LogP contribution >= 0.6 is 0 Å². The molecule has 0 saturated carbocycles. The summed E-state index contributed by atoms with van der Waals surface area (Å²) < 4.78 is 0. The molecule has 0 saturated heterocycles. The van der Waals surface area contributed by atoms with E-state index in [1.165, 1.54) is 11.1 Å². The number of anilines is 4. The minimum Gasteiger partial charge on any atom is -0.399 e. The van der Waals surface area contributed by atoms with Crippen LogP contribution in [0.3, 0.4) is 0 Å². The van der Waals surface area contributed by atoms with Gasteiger partial charge in [0.05, 0.1) is 0 Å². The van der Waals surface area contributed by atoms with Gasteiger partial charge >= 0.3 is 0 Å². The van der Waals surface area contributed by atoms with Gasteiger partial charge in [0.2, 0.25) is 0 Å². The fourth-order valence-electron chi connectivity index (χ4n) is 5.79. The molecule has 4 aromatic rings. The number of rotatable bonds is 6. The zero-order valence-electron chi connectivity index (χ0n) is 20.2. The van der Waals surface area contributed by atoms with Crippen LogP contribution in [0.1, 0.15) is 34.3 Å². The molecule has 5 heteroatoms. The van der Waals surface area contributed by atoms with E-state index >= 15 is 0 Å². The first kappa shape index (κ1) is 22.2. The van der Waals surface area contributed by atoms with E-state index in [4.69, 9.17) is 11.5 Å². The van der Waals surface area contributed by atoms with Gasteiger partial charge in [0.15, 0.2) is 5.78 Å². The number of hydrogen-bond donors (Lipinski definition) is 2. The van der Waals surface area contributed by atoms with E-state index in [9.17, 15) is 4.79 Å². The Bertz CT molecular complexity index is 1300. The third-order valence-corrected chi connectivity index (χ3v) is 7.47. The van der Waals surface area contributed by atoms with Crippen molar-refractivity contribution in [2.75, 3.05) is 34.4 Å². The lowest BCUT2D eigenvalue weighted by Gasteiger charge is -2.37. The highest BCUT2D eigenvalue weighted by Crippen LogP contribution is 2.43. The van der Waals surface area contributed by atoms with E-state index in [1.807, 2.05) is 60.7 Å². The number of nitrogens with two attached hydrogens (primary N) is 2. The molecule has 0 fully saturated rings. The maximum absolute atomic E-state index is 14.9. The van der Waals surface area contributed by atoms with Crippen molar-refractivity contribution in [3.63, 3.8) is 0 Å². The molecule has 36 heavy (non-hydrogen) atoms. The molecule has 0 amide bonds. The molecule has 5 nitrogen and oxygen atoms in total. The first-order chi connectivity index (χ1) is 17.6. The highest BCUT2D eigenvalue weighted by molar-refractivity contribution is 5.97.